The summed E-state index contributed by atoms with van der Waals surface area (Å²) < 4.78 is 11.9. The van der Waals surface area contributed by atoms with Gasteiger partial charge in [0.15, 0.2) is 0 Å². The van der Waals surface area contributed by atoms with Crippen molar-refractivity contribution in [1.82, 2.24) is 10.3 Å². The number of hydrogen-bond acceptors (Lipinski definition) is 5. The number of para-hydroxylation sites is 1. The lowest BCUT2D eigenvalue weighted by Gasteiger charge is -2.24. The first-order valence-electron chi connectivity index (χ1n) is 9.66. The monoisotopic (exact) mass is 375 g/mol. The number of nitrogens with zero attached hydrogens (tertiary/aromatic N) is 1. The Kier molecular flexibility index (Phi) is 5.73. The molecule has 28 heavy (non-hydrogen) atoms. The Bertz CT molecular complexity index is 909. The second-order valence-corrected chi connectivity index (χ2v) is 6.81. The molecule has 5 nitrogen and oxygen atoms in total. The zero-order valence-electron chi connectivity index (χ0n) is 16.0. The summed E-state index contributed by atoms with van der Waals surface area (Å²) in [5.41, 5.74) is 3.05. The molecular formula is C23H25N3O2. The van der Waals surface area contributed by atoms with Crippen molar-refractivity contribution in [2.45, 2.75) is 18.9 Å². The smallest absolute Gasteiger partial charge is 0.130 e. The molecule has 2 N–H and O–H groups in total. The van der Waals surface area contributed by atoms with Gasteiger partial charge < -0.3 is 20.1 Å². The maximum Gasteiger partial charge on any atom is 0.130 e. The summed E-state index contributed by atoms with van der Waals surface area (Å²) >= 11 is 0. The minimum Gasteiger partial charge on any atom is -0.496 e. The fourth-order valence-electron chi connectivity index (χ4n) is 3.47. The van der Waals surface area contributed by atoms with Crippen LogP contribution in [-0.2, 0) is 0 Å². The van der Waals surface area contributed by atoms with Crippen LogP contribution in [0.4, 0.5) is 11.5 Å². The van der Waals surface area contributed by atoms with Crippen molar-refractivity contribution in [2.75, 3.05) is 25.5 Å². The lowest BCUT2D eigenvalue weighted by molar-refractivity contribution is 0.162. The molecule has 0 radical (unpaired) electrons. The van der Waals surface area contributed by atoms with Crippen molar-refractivity contribution < 1.29 is 9.47 Å². The summed E-state index contributed by atoms with van der Waals surface area (Å²) in [6.07, 6.45) is 4.09. The number of pyridine rings is 1. The Morgan fingerprint density at radius 3 is 2.57 bits per heavy atom. The minimum atomic E-state index is 0.259. The molecule has 144 valence electrons. The predicted octanol–water partition coefficient (Wildman–Crippen LogP) is 4.63. The summed E-state index contributed by atoms with van der Waals surface area (Å²) in [6.45, 7) is 2.01. The molecule has 0 unspecified atom stereocenters. The van der Waals surface area contributed by atoms with E-state index in [1.807, 2.05) is 48.5 Å². The van der Waals surface area contributed by atoms with Crippen LogP contribution in [0.15, 0.2) is 66.9 Å². The number of benzene rings is 2. The minimum absolute atomic E-state index is 0.259. The van der Waals surface area contributed by atoms with E-state index in [2.05, 4.69) is 27.8 Å². The quantitative estimate of drug-likeness (QED) is 0.658. The highest BCUT2D eigenvalue weighted by Gasteiger charge is 2.16. The van der Waals surface area contributed by atoms with Crippen molar-refractivity contribution in [3.63, 3.8) is 0 Å². The Morgan fingerprint density at radius 2 is 1.79 bits per heavy atom. The highest BCUT2D eigenvalue weighted by Crippen LogP contribution is 2.38. The van der Waals surface area contributed by atoms with E-state index < -0.39 is 0 Å². The van der Waals surface area contributed by atoms with Crippen LogP contribution in [-0.4, -0.2) is 31.3 Å². The number of ether oxygens (including phenoxy) is 2. The number of methoxy groups -OCH3 is 1. The summed E-state index contributed by atoms with van der Waals surface area (Å²) in [6, 6.07) is 20.0. The molecule has 0 saturated carbocycles. The van der Waals surface area contributed by atoms with Crippen molar-refractivity contribution in [1.29, 1.82) is 0 Å². The standard InChI is InChI=1S/C23H25N3O2/c1-27-22-16-18(28-17-11-14-24-15-12-17)9-10-20(22)19-6-2-3-7-21(19)26-23-8-4-5-13-25-23/h2-10,13,16-17,24H,11-12,14-15H2,1H3,(H,25,26). The second kappa shape index (κ2) is 8.76. The van der Waals surface area contributed by atoms with E-state index in [1.54, 1.807) is 13.3 Å². The molecule has 2 heterocycles. The van der Waals surface area contributed by atoms with Crippen LogP contribution in [0.2, 0.25) is 0 Å². The van der Waals surface area contributed by atoms with E-state index in [0.717, 1.165) is 60.1 Å². The third-order valence-electron chi connectivity index (χ3n) is 4.91. The Labute approximate surface area is 165 Å². The molecule has 3 aromatic rings. The first-order valence-corrected chi connectivity index (χ1v) is 9.66. The number of anilines is 2. The van der Waals surface area contributed by atoms with Gasteiger partial charge in [0.2, 0.25) is 0 Å². The van der Waals surface area contributed by atoms with Gasteiger partial charge in [-0.3, -0.25) is 0 Å². The van der Waals surface area contributed by atoms with E-state index in [4.69, 9.17) is 9.47 Å². The summed E-state index contributed by atoms with van der Waals surface area (Å²) in [5.74, 6) is 2.45. The molecule has 1 aromatic heterocycles. The maximum atomic E-state index is 6.17. The van der Waals surface area contributed by atoms with Crippen LogP contribution >= 0.6 is 0 Å². The van der Waals surface area contributed by atoms with Crippen LogP contribution in [0, 0.1) is 0 Å². The first-order chi connectivity index (χ1) is 13.8. The van der Waals surface area contributed by atoms with Gasteiger partial charge in [0.25, 0.3) is 0 Å². The average Bonchev–Trinajstić information content (AvgIpc) is 2.76. The van der Waals surface area contributed by atoms with Crippen molar-refractivity contribution >= 4 is 11.5 Å². The van der Waals surface area contributed by atoms with Gasteiger partial charge in [-0.1, -0.05) is 24.3 Å². The van der Waals surface area contributed by atoms with Crippen molar-refractivity contribution in [2.24, 2.45) is 0 Å². The zero-order valence-corrected chi connectivity index (χ0v) is 16.0. The van der Waals surface area contributed by atoms with Gasteiger partial charge in [-0.25, -0.2) is 4.98 Å². The van der Waals surface area contributed by atoms with E-state index in [9.17, 15) is 0 Å². The molecule has 2 aromatic carbocycles. The highest BCUT2D eigenvalue weighted by atomic mass is 16.5. The number of hydrogen-bond donors (Lipinski definition) is 2. The van der Waals surface area contributed by atoms with Gasteiger partial charge in [-0.05, 0) is 56.3 Å². The van der Waals surface area contributed by atoms with Crippen LogP contribution in [0.1, 0.15) is 12.8 Å². The third-order valence-corrected chi connectivity index (χ3v) is 4.91. The van der Waals surface area contributed by atoms with Gasteiger partial charge in [0.05, 0.1) is 7.11 Å². The lowest BCUT2D eigenvalue weighted by Crippen LogP contribution is -2.34. The number of aromatic nitrogens is 1. The SMILES string of the molecule is COc1cc(OC2CCNCC2)ccc1-c1ccccc1Nc1ccccn1. The predicted molar refractivity (Wildman–Crippen MR) is 112 cm³/mol. The Morgan fingerprint density at radius 1 is 0.964 bits per heavy atom. The molecule has 5 heteroatoms. The molecule has 0 amide bonds. The maximum absolute atomic E-state index is 6.17. The van der Waals surface area contributed by atoms with Crippen LogP contribution in [0.3, 0.4) is 0 Å². The van der Waals surface area contributed by atoms with Crippen LogP contribution in [0.5, 0.6) is 11.5 Å². The fourth-order valence-corrected chi connectivity index (χ4v) is 3.47. The molecule has 0 atom stereocenters. The van der Waals surface area contributed by atoms with Gasteiger partial charge in [0, 0.05) is 29.1 Å². The molecule has 1 aliphatic heterocycles. The normalized spacial score (nSPS) is 14.5. The van der Waals surface area contributed by atoms with Gasteiger partial charge in [-0.15, -0.1) is 0 Å². The summed E-state index contributed by atoms with van der Waals surface area (Å²) in [5, 5.41) is 6.76. The van der Waals surface area contributed by atoms with Gasteiger partial charge in [-0.2, -0.15) is 0 Å². The highest BCUT2D eigenvalue weighted by molar-refractivity contribution is 5.84. The molecule has 0 bridgehead atoms. The third kappa shape index (κ3) is 4.26. The van der Waals surface area contributed by atoms with E-state index in [-0.39, 0.29) is 6.10 Å². The van der Waals surface area contributed by atoms with Crippen LogP contribution < -0.4 is 20.1 Å². The number of piperidine rings is 1. The zero-order chi connectivity index (χ0) is 19.2. The molecule has 4 rings (SSSR count). The molecule has 1 saturated heterocycles. The van der Waals surface area contributed by atoms with E-state index in [0.29, 0.717) is 0 Å². The molecular weight excluding hydrogens is 350 g/mol. The Hall–Kier alpha value is -3.05. The molecule has 0 aliphatic carbocycles. The Balaban J connectivity index is 1.61. The lowest BCUT2D eigenvalue weighted by atomic mass is 10.0. The van der Waals surface area contributed by atoms with Crippen molar-refractivity contribution in [3.8, 4) is 22.6 Å². The van der Waals surface area contributed by atoms with E-state index in [1.165, 1.54) is 0 Å². The largest absolute Gasteiger partial charge is 0.496 e. The van der Waals surface area contributed by atoms with Crippen LogP contribution in [0.25, 0.3) is 11.1 Å². The average molecular weight is 375 g/mol. The fraction of sp³-hybridized carbons (Fsp3) is 0.261. The van der Waals surface area contributed by atoms with Gasteiger partial charge in [0.1, 0.15) is 23.4 Å². The number of nitrogens with one attached hydrogen (secondary N) is 2. The first kappa shape index (κ1) is 18.3. The van der Waals surface area contributed by atoms with Crippen molar-refractivity contribution in [3.05, 3.63) is 66.9 Å². The topological polar surface area (TPSA) is 55.4 Å². The molecule has 0 spiro atoms. The molecule has 1 fully saturated rings. The summed E-state index contributed by atoms with van der Waals surface area (Å²) in [4.78, 5) is 4.36. The van der Waals surface area contributed by atoms with Gasteiger partial charge >= 0.3 is 0 Å². The van der Waals surface area contributed by atoms with E-state index >= 15 is 0 Å². The second-order valence-electron chi connectivity index (χ2n) is 6.81. The molecule has 1 aliphatic rings. The number of rotatable bonds is 6. The summed E-state index contributed by atoms with van der Waals surface area (Å²) in [7, 11) is 1.70.